The Kier molecular flexibility index (Phi) is 8.44. The van der Waals surface area contributed by atoms with Gasteiger partial charge in [-0.15, -0.1) is 24.0 Å². The van der Waals surface area contributed by atoms with E-state index in [0.717, 1.165) is 57.4 Å². The lowest BCUT2D eigenvalue weighted by Crippen LogP contribution is -2.41. The Labute approximate surface area is 198 Å². The van der Waals surface area contributed by atoms with Crippen LogP contribution in [0.2, 0.25) is 0 Å². The number of halogens is 2. The first kappa shape index (κ1) is 22.6. The van der Waals surface area contributed by atoms with Crippen LogP contribution in [0.5, 0.6) is 0 Å². The first-order valence-electron chi connectivity index (χ1n) is 10.1. The van der Waals surface area contributed by atoms with E-state index in [0.29, 0.717) is 5.92 Å². The SMILES string of the molecule is Brc1ccccc1C1(CN=C(NCCc2ccco2)NCC2CCOC2)CC1.I. The van der Waals surface area contributed by atoms with E-state index in [2.05, 4.69) is 50.8 Å². The van der Waals surface area contributed by atoms with Crippen LogP contribution in [0.25, 0.3) is 0 Å². The average molecular weight is 574 g/mol. The largest absolute Gasteiger partial charge is 0.469 e. The molecule has 5 nitrogen and oxygen atoms in total. The summed E-state index contributed by atoms with van der Waals surface area (Å²) in [6, 6.07) is 12.5. The highest BCUT2D eigenvalue weighted by Crippen LogP contribution is 2.50. The molecule has 7 heteroatoms. The second kappa shape index (κ2) is 10.8. The smallest absolute Gasteiger partial charge is 0.191 e. The van der Waals surface area contributed by atoms with Crippen molar-refractivity contribution in [2.75, 3.05) is 32.8 Å². The predicted molar refractivity (Wildman–Crippen MR) is 130 cm³/mol. The van der Waals surface area contributed by atoms with Crippen molar-refractivity contribution in [1.82, 2.24) is 10.6 Å². The summed E-state index contributed by atoms with van der Waals surface area (Å²) in [7, 11) is 0. The molecule has 1 unspecified atom stereocenters. The summed E-state index contributed by atoms with van der Waals surface area (Å²) in [6.07, 6.45) is 6.06. The molecule has 0 amide bonds. The maximum atomic E-state index is 5.50. The Hall–Kier alpha value is -1.06. The molecule has 2 aliphatic rings. The second-order valence-electron chi connectivity index (χ2n) is 7.79. The molecule has 1 aliphatic heterocycles. The Morgan fingerprint density at radius 1 is 1.17 bits per heavy atom. The van der Waals surface area contributed by atoms with E-state index in [1.165, 1.54) is 22.9 Å². The van der Waals surface area contributed by atoms with Crippen LogP contribution in [0, 0.1) is 5.92 Å². The van der Waals surface area contributed by atoms with Crippen LogP contribution in [0.1, 0.15) is 30.6 Å². The molecular weight excluding hydrogens is 545 g/mol. The molecule has 1 saturated heterocycles. The van der Waals surface area contributed by atoms with E-state index in [4.69, 9.17) is 14.1 Å². The summed E-state index contributed by atoms with van der Waals surface area (Å²) in [5, 5.41) is 7.00. The van der Waals surface area contributed by atoms with Crippen LogP contribution in [-0.4, -0.2) is 38.8 Å². The Bertz CT molecular complexity index is 787. The molecule has 0 spiro atoms. The van der Waals surface area contributed by atoms with Crippen LogP contribution < -0.4 is 10.6 Å². The van der Waals surface area contributed by atoms with E-state index in [9.17, 15) is 0 Å². The second-order valence-corrected chi connectivity index (χ2v) is 8.65. The Morgan fingerprint density at radius 3 is 2.72 bits per heavy atom. The van der Waals surface area contributed by atoms with Gasteiger partial charge in [0.1, 0.15) is 5.76 Å². The molecule has 1 aromatic carbocycles. The molecule has 2 fully saturated rings. The van der Waals surface area contributed by atoms with Gasteiger partial charge < -0.3 is 19.8 Å². The summed E-state index contributed by atoms with van der Waals surface area (Å²) in [5.41, 5.74) is 1.55. The lowest BCUT2D eigenvalue weighted by Gasteiger charge is -2.18. The number of furan rings is 1. The third-order valence-corrected chi connectivity index (χ3v) is 6.36. The molecule has 29 heavy (non-hydrogen) atoms. The predicted octanol–water partition coefficient (Wildman–Crippen LogP) is 4.51. The Balaban J connectivity index is 0.00000240. The van der Waals surface area contributed by atoms with Crippen molar-refractivity contribution in [3.63, 3.8) is 0 Å². The van der Waals surface area contributed by atoms with Gasteiger partial charge in [0.25, 0.3) is 0 Å². The molecule has 2 aromatic rings. The average Bonchev–Trinajstić information content (AvgIpc) is 3.10. The van der Waals surface area contributed by atoms with Gasteiger partial charge in [-0.3, -0.25) is 4.99 Å². The summed E-state index contributed by atoms with van der Waals surface area (Å²) in [4.78, 5) is 4.96. The van der Waals surface area contributed by atoms with Crippen LogP contribution in [0.4, 0.5) is 0 Å². The monoisotopic (exact) mass is 573 g/mol. The topological polar surface area (TPSA) is 58.8 Å². The standard InChI is InChI=1S/C22H28BrN3O2.HI/c23-20-6-2-1-5-19(20)22(9-10-22)16-26-21(25-14-17-8-13-27-15-17)24-11-7-18-4-3-12-28-18;/h1-6,12,17H,7-11,13-16H2,(H2,24,25,26);1H. The van der Waals surface area contributed by atoms with Crippen molar-refractivity contribution >= 4 is 45.9 Å². The zero-order valence-corrected chi connectivity index (χ0v) is 20.4. The minimum Gasteiger partial charge on any atom is -0.469 e. The fourth-order valence-corrected chi connectivity index (χ4v) is 4.41. The molecule has 1 aromatic heterocycles. The summed E-state index contributed by atoms with van der Waals surface area (Å²) < 4.78 is 12.1. The molecule has 2 N–H and O–H groups in total. The van der Waals surface area contributed by atoms with Crippen molar-refractivity contribution < 1.29 is 9.15 Å². The number of hydrogen-bond acceptors (Lipinski definition) is 3. The molecule has 0 radical (unpaired) electrons. The first-order chi connectivity index (χ1) is 13.8. The third kappa shape index (κ3) is 6.21. The summed E-state index contributed by atoms with van der Waals surface area (Å²) in [6.45, 7) is 4.20. The highest BCUT2D eigenvalue weighted by Gasteiger charge is 2.45. The van der Waals surface area contributed by atoms with Gasteiger partial charge in [0.2, 0.25) is 0 Å². The number of nitrogens with one attached hydrogen (secondary N) is 2. The minimum atomic E-state index is 0. The van der Waals surface area contributed by atoms with Gasteiger partial charge in [-0.1, -0.05) is 34.1 Å². The van der Waals surface area contributed by atoms with Crippen molar-refractivity contribution in [2.24, 2.45) is 10.9 Å². The summed E-state index contributed by atoms with van der Waals surface area (Å²) in [5.74, 6) is 2.44. The number of nitrogens with zero attached hydrogens (tertiary/aromatic N) is 1. The maximum Gasteiger partial charge on any atom is 0.191 e. The van der Waals surface area contributed by atoms with Gasteiger partial charge in [-0.25, -0.2) is 0 Å². The number of hydrogen-bond donors (Lipinski definition) is 2. The summed E-state index contributed by atoms with van der Waals surface area (Å²) >= 11 is 3.71. The Morgan fingerprint density at radius 2 is 2.03 bits per heavy atom. The van der Waals surface area contributed by atoms with Crippen LogP contribution in [0.3, 0.4) is 0 Å². The van der Waals surface area contributed by atoms with E-state index < -0.39 is 0 Å². The molecule has 0 bridgehead atoms. The molecule has 1 aliphatic carbocycles. The van der Waals surface area contributed by atoms with Gasteiger partial charge in [0.05, 0.1) is 19.4 Å². The van der Waals surface area contributed by atoms with Crippen molar-refractivity contribution in [2.45, 2.75) is 31.1 Å². The van der Waals surface area contributed by atoms with E-state index >= 15 is 0 Å². The molecular formula is C22H29BrIN3O2. The van der Waals surface area contributed by atoms with Crippen LogP contribution in [0.15, 0.2) is 56.5 Å². The zero-order chi connectivity index (χ0) is 19.2. The van der Waals surface area contributed by atoms with Crippen molar-refractivity contribution in [1.29, 1.82) is 0 Å². The number of rotatable bonds is 8. The van der Waals surface area contributed by atoms with Crippen LogP contribution >= 0.6 is 39.9 Å². The quantitative estimate of drug-likeness (QED) is 0.277. The third-order valence-electron chi connectivity index (χ3n) is 5.66. The van der Waals surface area contributed by atoms with Gasteiger partial charge >= 0.3 is 0 Å². The lowest BCUT2D eigenvalue weighted by molar-refractivity contribution is 0.186. The molecule has 4 rings (SSSR count). The fraction of sp³-hybridized carbons (Fsp3) is 0.500. The molecule has 1 saturated carbocycles. The number of aliphatic imine (C=N–C) groups is 1. The lowest BCUT2D eigenvalue weighted by atomic mass is 9.96. The van der Waals surface area contributed by atoms with Crippen LogP contribution in [-0.2, 0) is 16.6 Å². The number of ether oxygens (including phenoxy) is 1. The minimum absolute atomic E-state index is 0. The maximum absolute atomic E-state index is 5.50. The van der Waals surface area contributed by atoms with E-state index in [-0.39, 0.29) is 29.4 Å². The normalized spacial score (nSPS) is 20.2. The van der Waals surface area contributed by atoms with Gasteiger partial charge in [-0.2, -0.15) is 0 Å². The van der Waals surface area contributed by atoms with Gasteiger partial charge in [0.15, 0.2) is 5.96 Å². The molecule has 2 heterocycles. The fourth-order valence-electron chi connectivity index (χ4n) is 3.70. The first-order valence-corrected chi connectivity index (χ1v) is 10.9. The van der Waals surface area contributed by atoms with Crippen molar-refractivity contribution in [3.8, 4) is 0 Å². The number of benzene rings is 1. The highest BCUT2D eigenvalue weighted by atomic mass is 127. The highest BCUT2D eigenvalue weighted by molar-refractivity contribution is 14.0. The van der Waals surface area contributed by atoms with Gasteiger partial charge in [-0.05, 0) is 43.0 Å². The van der Waals surface area contributed by atoms with Gasteiger partial charge in [0, 0.05) is 41.9 Å². The van der Waals surface area contributed by atoms with Crippen molar-refractivity contribution in [3.05, 3.63) is 58.5 Å². The molecule has 158 valence electrons. The molecule has 1 atom stereocenters. The van der Waals surface area contributed by atoms with E-state index in [1.54, 1.807) is 6.26 Å². The van der Waals surface area contributed by atoms with E-state index in [1.807, 2.05) is 12.1 Å². The zero-order valence-electron chi connectivity index (χ0n) is 16.5. The number of guanidine groups is 1.